The number of amides is 1. The number of rotatable bonds is 7. The van der Waals surface area contributed by atoms with Crippen LogP contribution in [0, 0.1) is 0 Å². The molecule has 2 aliphatic rings. The lowest BCUT2D eigenvalue weighted by atomic mass is 10.2. The van der Waals surface area contributed by atoms with Crippen LogP contribution in [0.15, 0.2) is 59.5 Å². The maximum absolute atomic E-state index is 13.3. The molecule has 3 aromatic rings. The van der Waals surface area contributed by atoms with Gasteiger partial charge in [0.1, 0.15) is 16.3 Å². The fraction of sp³-hybridized carbons (Fsp3) is 0.360. The van der Waals surface area contributed by atoms with Gasteiger partial charge in [0, 0.05) is 24.7 Å². The molecule has 1 aliphatic heterocycles. The summed E-state index contributed by atoms with van der Waals surface area (Å²) in [7, 11) is -2.29. The van der Waals surface area contributed by atoms with Gasteiger partial charge in [-0.25, -0.2) is 13.1 Å². The Morgan fingerprint density at radius 1 is 1.03 bits per heavy atom. The molecule has 0 bridgehead atoms. The van der Waals surface area contributed by atoms with E-state index in [2.05, 4.69) is 10.4 Å². The van der Waals surface area contributed by atoms with E-state index in [1.165, 1.54) is 17.5 Å². The van der Waals surface area contributed by atoms with E-state index in [4.69, 9.17) is 4.74 Å². The minimum Gasteiger partial charge on any atom is -0.495 e. The first-order valence-electron chi connectivity index (χ1n) is 11.6. The number of anilines is 1. The van der Waals surface area contributed by atoms with E-state index in [1.54, 1.807) is 16.8 Å². The molecule has 178 valence electrons. The molecule has 34 heavy (non-hydrogen) atoms. The number of nitrogens with zero attached hydrogens (tertiary/aromatic N) is 3. The molecule has 2 heterocycles. The third kappa shape index (κ3) is 4.45. The van der Waals surface area contributed by atoms with Crippen LogP contribution in [0.5, 0.6) is 5.75 Å². The zero-order valence-corrected chi connectivity index (χ0v) is 19.9. The first-order valence-corrected chi connectivity index (χ1v) is 13.1. The van der Waals surface area contributed by atoms with Crippen molar-refractivity contribution >= 4 is 21.6 Å². The van der Waals surface area contributed by atoms with Crippen molar-refractivity contribution < 1.29 is 17.9 Å². The molecule has 1 aromatic heterocycles. The monoisotopic (exact) mass is 480 g/mol. The molecule has 1 saturated heterocycles. The Morgan fingerprint density at radius 2 is 1.76 bits per heavy atom. The summed E-state index contributed by atoms with van der Waals surface area (Å²) in [4.78, 5) is 13.4. The minimum absolute atomic E-state index is 0.0601. The summed E-state index contributed by atoms with van der Waals surface area (Å²) in [6, 6.07) is 16.0. The van der Waals surface area contributed by atoms with E-state index >= 15 is 0 Å². The summed E-state index contributed by atoms with van der Waals surface area (Å²) in [6.45, 7) is 0.977. The fourth-order valence-corrected chi connectivity index (χ4v) is 6.00. The molecule has 2 fully saturated rings. The lowest BCUT2D eigenvalue weighted by Gasteiger charge is -2.26. The second kappa shape index (κ2) is 9.23. The number of hydrogen-bond donors (Lipinski definition) is 1. The van der Waals surface area contributed by atoms with Gasteiger partial charge in [-0.2, -0.15) is 9.40 Å². The number of nitrogens with one attached hydrogen (secondary N) is 1. The standard InChI is InChI=1S/C25H28N4O4S/c1-33-23-13-12-19(16-24(23)34(31,32)28-14-6-3-7-15-28)26-25(30)22-17-21(18-10-11-18)27-29(22)20-8-4-2-5-9-20/h2,4-5,8-9,12-13,16-18H,3,6-7,10-11,14-15H2,1H3,(H,26,30). The maximum Gasteiger partial charge on any atom is 0.274 e. The second-order valence-corrected chi connectivity index (χ2v) is 10.7. The van der Waals surface area contributed by atoms with Crippen molar-refractivity contribution in [1.82, 2.24) is 14.1 Å². The quantitative estimate of drug-likeness (QED) is 0.547. The highest BCUT2D eigenvalue weighted by molar-refractivity contribution is 7.89. The van der Waals surface area contributed by atoms with Crippen LogP contribution < -0.4 is 10.1 Å². The summed E-state index contributed by atoms with van der Waals surface area (Å²) < 4.78 is 35.1. The van der Waals surface area contributed by atoms with Gasteiger partial charge in [-0.05, 0) is 62.1 Å². The third-order valence-electron chi connectivity index (χ3n) is 6.31. The molecule has 0 unspecified atom stereocenters. The van der Waals surface area contributed by atoms with Crippen LogP contribution in [0.4, 0.5) is 5.69 Å². The van der Waals surface area contributed by atoms with Crippen LogP contribution in [0.3, 0.4) is 0 Å². The van der Waals surface area contributed by atoms with Crippen molar-refractivity contribution in [3.8, 4) is 11.4 Å². The average molecular weight is 481 g/mol. The van der Waals surface area contributed by atoms with Crippen LogP contribution in [0.25, 0.3) is 5.69 Å². The highest BCUT2D eigenvalue weighted by atomic mass is 32.2. The molecular formula is C25H28N4O4S. The van der Waals surface area contributed by atoms with Crippen LogP contribution in [0.2, 0.25) is 0 Å². The number of sulfonamides is 1. The molecule has 2 aromatic carbocycles. The number of benzene rings is 2. The highest BCUT2D eigenvalue weighted by Crippen LogP contribution is 2.40. The average Bonchev–Trinajstić information content (AvgIpc) is 3.63. The Bertz CT molecular complexity index is 1290. The van der Waals surface area contributed by atoms with Gasteiger partial charge in [0.15, 0.2) is 0 Å². The molecule has 0 spiro atoms. The number of hydrogen-bond acceptors (Lipinski definition) is 5. The largest absolute Gasteiger partial charge is 0.495 e. The minimum atomic E-state index is -3.74. The Labute approximate surface area is 199 Å². The zero-order valence-electron chi connectivity index (χ0n) is 19.1. The molecule has 8 nitrogen and oxygen atoms in total. The van der Waals surface area contributed by atoms with E-state index in [-0.39, 0.29) is 16.6 Å². The molecule has 0 atom stereocenters. The zero-order chi connectivity index (χ0) is 23.7. The predicted octanol–water partition coefficient (Wildman–Crippen LogP) is 4.19. The molecule has 5 rings (SSSR count). The summed E-state index contributed by atoms with van der Waals surface area (Å²) in [5, 5.41) is 7.55. The van der Waals surface area contributed by atoms with Crippen molar-refractivity contribution in [3.05, 3.63) is 66.0 Å². The highest BCUT2D eigenvalue weighted by Gasteiger charge is 2.31. The SMILES string of the molecule is COc1ccc(NC(=O)c2cc(C3CC3)nn2-c2ccccc2)cc1S(=O)(=O)N1CCCCC1. The van der Waals surface area contributed by atoms with Crippen LogP contribution in [0.1, 0.15) is 54.2 Å². The molecule has 9 heteroatoms. The number of aromatic nitrogens is 2. The molecule has 0 radical (unpaired) electrons. The number of carbonyl (C=O) groups is 1. The summed E-state index contributed by atoms with van der Waals surface area (Å²) in [5.41, 5.74) is 2.49. The van der Waals surface area contributed by atoms with E-state index in [0.29, 0.717) is 30.4 Å². The lowest BCUT2D eigenvalue weighted by Crippen LogP contribution is -2.35. The van der Waals surface area contributed by atoms with E-state index < -0.39 is 10.0 Å². The van der Waals surface area contributed by atoms with E-state index in [9.17, 15) is 13.2 Å². The van der Waals surface area contributed by atoms with Crippen molar-refractivity contribution in [2.75, 3.05) is 25.5 Å². The third-order valence-corrected chi connectivity index (χ3v) is 8.23. The van der Waals surface area contributed by atoms with Gasteiger partial charge in [0.05, 0.1) is 18.5 Å². The second-order valence-electron chi connectivity index (χ2n) is 8.76. The molecule has 1 saturated carbocycles. The summed E-state index contributed by atoms with van der Waals surface area (Å²) in [6.07, 6.45) is 4.85. The van der Waals surface area contributed by atoms with E-state index in [0.717, 1.165) is 43.5 Å². The Hall–Kier alpha value is -3.17. The van der Waals surface area contributed by atoms with Gasteiger partial charge in [-0.3, -0.25) is 4.79 Å². The number of methoxy groups -OCH3 is 1. The smallest absolute Gasteiger partial charge is 0.274 e. The molecular weight excluding hydrogens is 452 g/mol. The van der Waals surface area contributed by atoms with E-state index in [1.807, 2.05) is 36.4 Å². The normalized spacial score (nSPS) is 16.9. The van der Waals surface area contributed by atoms with Crippen LogP contribution >= 0.6 is 0 Å². The Morgan fingerprint density at radius 3 is 2.44 bits per heavy atom. The Balaban J connectivity index is 1.46. The molecule has 1 amide bonds. The van der Waals surface area contributed by atoms with Gasteiger partial charge in [-0.1, -0.05) is 24.6 Å². The summed E-state index contributed by atoms with van der Waals surface area (Å²) >= 11 is 0. The fourth-order valence-electron chi connectivity index (χ4n) is 4.30. The first-order chi connectivity index (χ1) is 16.5. The maximum atomic E-state index is 13.3. The Kier molecular flexibility index (Phi) is 6.14. The number of piperidine rings is 1. The number of ether oxygens (including phenoxy) is 1. The number of para-hydroxylation sites is 1. The van der Waals surface area contributed by atoms with Crippen molar-refractivity contribution in [2.45, 2.75) is 42.9 Å². The molecule has 1 aliphatic carbocycles. The summed E-state index contributed by atoms with van der Waals surface area (Å²) in [5.74, 6) is 0.294. The predicted molar refractivity (Wildman–Crippen MR) is 129 cm³/mol. The van der Waals surface area contributed by atoms with Crippen LogP contribution in [-0.4, -0.2) is 48.6 Å². The molecule has 1 N–H and O–H groups in total. The van der Waals surface area contributed by atoms with Gasteiger partial charge in [-0.15, -0.1) is 0 Å². The lowest BCUT2D eigenvalue weighted by molar-refractivity contribution is 0.101. The van der Waals surface area contributed by atoms with Crippen molar-refractivity contribution in [3.63, 3.8) is 0 Å². The first kappa shape index (κ1) is 22.6. The van der Waals surface area contributed by atoms with Gasteiger partial charge in [0.2, 0.25) is 10.0 Å². The van der Waals surface area contributed by atoms with Gasteiger partial charge in [0.25, 0.3) is 5.91 Å². The topological polar surface area (TPSA) is 93.5 Å². The number of carbonyl (C=O) groups excluding carboxylic acids is 1. The van der Waals surface area contributed by atoms with Crippen LogP contribution in [-0.2, 0) is 10.0 Å². The van der Waals surface area contributed by atoms with Gasteiger partial charge < -0.3 is 10.1 Å². The van der Waals surface area contributed by atoms with Crippen molar-refractivity contribution in [1.29, 1.82) is 0 Å². The van der Waals surface area contributed by atoms with Gasteiger partial charge >= 0.3 is 0 Å². The van der Waals surface area contributed by atoms with Crippen molar-refractivity contribution in [2.24, 2.45) is 0 Å².